The topological polar surface area (TPSA) is 57.6 Å². The maximum absolute atomic E-state index is 13.3. The van der Waals surface area contributed by atoms with Gasteiger partial charge in [0, 0.05) is 10.9 Å². The SMILES string of the molecule is O=C1C(O)=C(c2cccs2)C(=O)N1c1ccc(F)c(F)c1. The summed E-state index contributed by atoms with van der Waals surface area (Å²) in [4.78, 5) is 25.3. The molecule has 0 saturated carbocycles. The molecule has 0 radical (unpaired) electrons. The molecule has 0 spiro atoms. The van der Waals surface area contributed by atoms with Gasteiger partial charge in [-0.3, -0.25) is 9.59 Å². The summed E-state index contributed by atoms with van der Waals surface area (Å²) in [6.45, 7) is 0. The normalized spacial score (nSPS) is 15.2. The van der Waals surface area contributed by atoms with E-state index in [0.29, 0.717) is 9.78 Å². The molecule has 7 heteroatoms. The first-order chi connectivity index (χ1) is 10.0. The second kappa shape index (κ2) is 4.78. The molecule has 1 N–H and O–H groups in total. The molecular weight excluding hydrogens is 300 g/mol. The number of aliphatic hydroxyl groups is 1. The van der Waals surface area contributed by atoms with Crippen molar-refractivity contribution in [1.82, 2.24) is 0 Å². The predicted molar refractivity (Wildman–Crippen MR) is 72.7 cm³/mol. The molecule has 0 aliphatic carbocycles. The third-order valence-electron chi connectivity index (χ3n) is 2.99. The molecule has 3 rings (SSSR count). The summed E-state index contributed by atoms with van der Waals surface area (Å²) in [6, 6.07) is 5.88. The molecule has 0 bridgehead atoms. The van der Waals surface area contributed by atoms with Gasteiger partial charge < -0.3 is 5.11 Å². The van der Waals surface area contributed by atoms with Crippen LogP contribution in [0.3, 0.4) is 0 Å². The maximum Gasteiger partial charge on any atom is 0.301 e. The molecule has 4 nitrogen and oxygen atoms in total. The molecule has 2 aromatic rings. The van der Waals surface area contributed by atoms with Gasteiger partial charge >= 0.3 is 5.91 Å². The van der Waals surface area contributed by atoms with Gasteiger partial charge in [0.15, 0.2) is 17.4 Å². The Labute approximate surface area is 121 Å². The number of carbonyl (C=O) groups excluding carboxylic acids is 2. The standard InChI is InChI=1S/C14H7F2NO3S/c15-8-4-3-7(6-9(8)16)17-13(19)11(12(18)14(17)20)10-2-1-5-21-10/h1-6,18H. The minimum Gasteiger partial charge on any atom is -0.502 e. The fourth-order valence-corrected chi connectivity index (χ4v) is 2.78. The average molecular weight is 307 g/mol. The molecule has 21 heavy (non-hydrogen) atoms. The van der Waals surface area contributed by atoms with E-state index < -0.39 is 29.2 Å². The fraction of sp³-hybridized carbons (Fsp3) is 0. The Balaban J connectivity index is 2.06. The molecular formula is C14H7F2NO3S. The van der Waals surface area contributed by atoms with Crippen LogP contribution >= 0.6 is 11.3 Å². The van der Waals surface area contributed by atoms with Crippen molar-refractivity contribution < 1.29 is 23.5 Å². The first-order valence-electron chi connectivity index (χ1n) is 5.81. The smallest absolute Gasteiger partial charge is 0.301 e. The van der Waals surface area contributed by atoms with Crippen molar-refractivity contribution in [2.24, 2.45) is 0 Å². The summed E-state index contributed by atoms with van der Waals surface area (Å²) in [5.41, 5.74) is -0.276. The first-order valence-corrected chi connectivity index (χ1v) is 6.69. The molecule has 0 unspecified atom stereocenters. The summed E-state index contributed by atoms with van der Waals surface area (Å²) in [5.74, 6) is -4.71. The number of rotatable bonds is 2. The zero-order valence-electron chi connectivity index (χ0n) is 10.3. The van der Waals surface area contributed by atoms with Crippen molar-refractivity contribution >= 4 is 34.4 Å². The molecule has 0 atom stereocenters. The highest BCUT2D eigenvalue weighted by molar-refractivity contribution is 7.11. The number of amides is 2. The van der Waals surface area contributed by atoms with Gasteiger partial charge in [-0.1, -0.05) is 6.07 Å². The summed E-state index contributed by atoms with van der Waals surface area (Å²) in [5, 5.41) is 11.5. The molecule has 1 aromatic carbocycles. The number of aliphatic hydroxyl groups excluding tert-OH is 1. The molecule has 1 aliphatic heterocycles. The minimum atomic E-state index is -1.18. The van der Waals surface area contributed by atoms with Crippen LogP contribution in [0, 0.1) is 11.6 Å². The number of anilines is 1. The number of hydrogen-bond acceptors (Lipinski definition) is 4. The summed E-state index contributed by atoms with van der Waals surface area (Å²) in [7, 11) is 0. The largest absolute Gasteiger partial charge is 0.502 e. The van der Waals surface area contributed by atoms with Gasteiger partial charge in [0.2, 0.25) is 0 Å². The van der Waals surface area contributed by atoms with Crippen molar-refractivity contribution in [1.29, 1.82) is 0 Å². The van der Waals surface area contributed by atoms with Crippen LogP contribution in [-0.2, 0) is 9.59 Å². The zero-order chi connectivity index (χ0) is 15.1. The van der Waals surface area contributed by atoms with Crippen LogP contribution in [0.2, 0.25) is 0 Å². The molecule has 0 saturated heterocycles. The lowest BCUT2D eigenvalue weighted by Gasteiger charge is -2.14. The highest BCUT2D eigenvalue weighted by atomic mass is 32.1. The van der Waals surface area contributed by atoms with Crippen LogP contribution in [0.1, 0.15) is 4.88 Å². The van der Waals surface area contributed by atoms with E-state index in [1.807, 2.05) is 0 Å². The third-order valence-corrected chi connectivity index (χ3v) is 3.88. The second-order valence-corrected chi connectivity index (χ2v) is 5.19. The Morgan fingerprint density at radius 2 is 1.81 bits per heavy atom. The predicted octanol–water partition coefficient (Wildman–Crippen LogP) is 2.87. The van der Waals surface area contributed by atoms with E-state index in [4.69, 9.17) is 0 Å². The maximum atomic E-state index is 13.3. The number of carbonyl (C=O) groups is 2. The van der Waals surface area contributed by atoms with E-state index in [0.717, 1.165) is 18.2 Å². The van der Waals surface area contributed by atoms with Gasteiger partial charge in [0.25, 0.3) is 5.91 Å². The van der Waals surface area contributed by atoms with Gasteiger partial charge in [-0.05, 0) is 23.6 Å². The molecule has 106 valence electrons. The van der Waals surface area contributed by atoms with Gasteiger partial charge in [-0.2, -0.15) is 0 Å². The number of halogens is 2. The van der Waals surface area contributed by atoms with E-state index >= 15 is 0 Å². The molecule has 0 fully saturated rings. The van der Waals surface area contributed by atoms with Crippen LogP contribution in [-0.4, -0.2) is 16.9 Å². The highest BCUT2D eigenvalue weighted by Crippen LogP contribution is 2.34. The van der Waals surface area contributed by atoms with Crippen molar-refractivity contribution in [3.05, 3.63) is 58.0 Å². The monoisotopic (exact) mass is 307 g/mol. The van der Waals surface area contributed by atoms with Gasteiger partial charge in [-0.15, -0.1) is 11.3 Å². The Morgan fingerprint density at radius 1 is 1.05 bits per heavy atom. The highest BCUT2D eigenvalue weighted by Gasteiger charge is 2.40. The van der Waals surface area contributed by atoms with E-state index in [9.17, 15) is 23.5 Å². The number of hydrogen-bond donors (Lipinski definition) is 1. The van der Waals surface area contributed by atoms with Crippen LogP contribution in [0.15, 0.2) is 41.5 Å². The quantitative estimate of drug-likeness (QED) is 0.868. The third kappa shape index (κ3) is 2.02. The molecule has 1 aromatic heterocycles. The lowest BCUT2D eigenvalue weighted by molar-refractivity contribution is -0.121. The summed E-state index contributed by atoms with van der Waals surface area (Å²) in [6.07, 6.45) is 0. The fourth-order valence-electron chi connectivity index (χ4n) is 2.02. The number of imide groups is 1. The average Bonchev–Trinajstić information content (AvgIpc) is 3.03. The van der Waals surface area contributed by atoms with Gasteiger partial charge in [-0.25, -0.2) is 13.7 Å². The Kier molecular flexibility index (Phi) is 3.06. The van der Waals surface area contributed by atoms with Crippen molar-refractivity contribution in [3.63, 3.8) is 0 Å². The van der Waals surface area contributed by atoms with Crippen molar-refractivity contribution in [3.8, 4) is 0 Å². The lowest BCUT2D eigenvalue weighted by atomic mass is 10.2. The molecule has 2 amide bonds. The number of benzene rings is 1. The number of nitrogens with zero attached hydrogens (tertiary/aromatic N) is 1. The van der Waals surface area contributed by atoms with E-state index in [2.05, 4.69) is 0 Å². The number of thiophene rings is 1. The van der Waals surface area contributed by atoms with Gasteiger partial charge in [0.1, 0.15) is 5.57 Å². The van der Waals surface area contributed by atoms with Crippen LogP contribution in [0.4, 0.5) is 14.5 Å². The molecule has 2 heterocycles. The minimum absolute atomic E-state index is 0.137. The van der Waals surface area contributed by atoms with E-state index in [1.165, 1.54) is 11.3 Å². The van der Waals surface area contributed by atoms with Crippen LogP contribution in [0.25, 0.3) is 5.57 Å². The van der Waals surface area contributed by atoms with Crippen molar-refractivity contribution in [2.75, 3.05) is 4.90 Å². The summed E-state index contributed by atoms with van der Waals surface area (Å²) >= 11 is 1.18. The molecule has 1 aliphatic rings. The summed E-state index contributed by atoms with van der Waals surface area (Å²) < 4.78 is 26.2. The first kappa shape index (κ1) is 13.4. The second-order valence-electron chi connectivity index (χ2n) is 4.25. The van der Waals surface area contributed by atoms with Gasteiger partial charge in [0.05, 0.1) is 5.69 Å². The Bertz CT molecular complexity index is 784. The lowest BCUT2D eigenvalue weighted by Crippen LogP contribution is -2.31. The zero-order valence-corrected chi connectivity index (χ0v) is 11.2. The van der Waals surface area contributed by atoms with E-state index in [1.54, 1.807) is 17.5 Å². The van der Waals surface area contributed by atoms with Crippen LogP contribution in [0.5, 0.6) is 0 Å². The van der Waals surface area contributed by atoms with Crippen molar-refractivity contribution in [2.45, 2.75) is 0 Å². The van der Waals surface area contributed by atoms with Crippen LogP contribution < -0.4 is 4.90 Å². The Morgan fingerprint density at radius 3 is 2.43 bits per heavy atom. The Hall–Kier alpha value is -2.54. The van der Waals surface area contributed by atoms with E-state index in [-0.39, 0.29) is 11.3 Å².